The van der Waals surface area contributed by atoms with Crippen LogP contribution < -0.4 is 10.9 Å². The number of carbonyl (C=O) groups excluding carboxylic acids is 1. The number of aromatic amines is 1. The molecule has 4 heterocycles. The van der Waals surface area contributed by atoms with E-state index in [-0.39, 0.29) is 52.3 Å². The van der Waals surface area contributed by atoms with Crippen molar-refractivity contribution >= 4 is 31.3 Å². The van der Waals surface area contributed by atoms with Gasteiger partial charge in [0.05, 0.1) is 12.2 Å². The van der Waals surface area contributed by atoms with Gasteiger partial charge in [0, 0.05) is 18.8 Å². The Bertz CT molecular complexity index is 1050. The molecule has 0 spiro atoms. The number of carbonyl (C=O) groups is 1. The van der Waals surface area contributed by atoms with Crippen LogP contribution in [0.25, 0.3) is 11.2 Å². The Morgan fingerprint density at radius 3 is 2.67 bits per heavy atom. The van der Waals surface area contributed by atoms with Crippen LogP contribution >= 0.6 is 0 Å². The fraction of sp³-hybridized carbons (Fsp3) is 0.700. The fourth-order valence-corrected chi connectivity index (χ4v) is 5.05. The number of aromatic nitrogens is 4. The molecule has 164 valence electrons. The summed E-state index contributed by atoms with van der Waals surface area (Å²) in [6, 6.07) is 0. The Morgan fingerprint density at radius 1 is 1.33 bits per heavy atom. The van der Waals surface area contributed by atoms with Crippen LogP contribution in [0.2, 0.25) is 18.1 Å². The summed E-state index contributed by atoms with van der Waals surface area (Å²) < 4.78 is 14.8. The zero-order chi connectivity index (χ0) is 22.0. The minimum Gasteiger partial charge on any atom is -0.411 e. The maximum atomic E-state index is 12.6. The third-order valence-electron chi connectivity index (χ3n) is 6.49. The molecule has 30 heavy (non-hydrogen) atoms. The molecule has 2 aliphatic rings. The Kier molecular flexibility index (Phi) is 4.94. The zero-order valence-corrected chi connectivity index (χ0v) is 19.7. The minimum absolute atomic E-state index is 0.00486. The van der Waals surface area contributed by atoms with Crippen LogP contribution in [0.3, 0.4) is 0 Å². The number of anilines is 1. The Hall–Kier alpha value is -2.04. The van der Waals surface area contributed by atoms with E-state index in [4.69, 9.17) is 9.16 Å². The van der Waals surface area contributed by atoms with Gasteiger partial charge in [-0.1, -0.05) is 34.6 Å². The molecule has 1 saturated heterocycles. The summed E-state index contributed by atoms with van der Waals surface area (Å²) in [7, 11) is -1.94. The first-order valence-electron chi connectivity index (χ1n) is 10.5. The summed E-state index contributed by atoms with van der Waals surface area (Å²) in [6.07, 6.45) is 0.903. The maximum absolute atomic E-state index is 12.6. The van der Waals surface area contributed by atoms with E-state index in [2.05, 4.69) is 54.1 Å². The molecule has 3 atom stereocenters. The van der Waals surface area contributed by atoms with Gasteiger partial charge in [0.2, 0.25) is 11.9 Å². The van der Waals surface area contributed by atoms with Gasteiger partial charge in [0.15, 0.2) is 19.5 Å². The molecule has 0 saturated carbocycles. The van der Waals surface area contributed by atoms with E-state index >= 15 is 0 Å². The molecule has 1 amide bonds. The first-order chi connectivity index (χ1) is 13.9. The number of imidazole rings is 1. The Balaban J connectivity index is 1.65. The second-order valence-electron chi connectivity index (χ2n) is 10.1. The van der Waals surface area contributed by atoms with Gasteiger partial charge >= 0.3 is 0 Å². The van der Waals surface area contributed by atoms with Crippen molar-refractivity contribution in [3.8, 4) is 0 Å². The van der Waals surface area contributed by atoms with Crippen LogP contribution in [-0.2, 0) is 20.4 Å². The van der Waals surface area contributed by atoms with Gasteiger partial charge in [0.1, 0.15) is 12.1 Å². The first kappa shape index (κ1) is 21.2. The van der Waals surface area contributed by atoms with Gasteiger partial charge in [-0.3, -0.25) is 24.5 Å². The molecule has 2 N–H and O–H groups in total. The van der Waals surface area contributed by atoms with Crippen molar-refractivity contribution in [1.29, 1.82) is 0 Å². The smallest absolute Gasteiger partial charge is 0.280 e. The highest BCUT2D eigenvalue weighted by atomic mass is 28.4. The zero-order valence-electron chi connectivity index (χ0n) is 18.7. The predicted molar refractivity (Wildman–Crippen MR) is 116 cm³/mol. The van der Waals surface area contributed by atoms with Gasteiger partial charge in [0.25, 0.3) is 5.56 Å². The number of hydrogen-bond donors (Lipinski definition) is 2. The number of nitrogens with zero attached hydrogens (tertiary/aromatic N) is 3. The lowest BCUT2D eigenvalue weighted by molar-refractivity contribution is -0.118. The molecule has 9 nitrogen and oxygen atoms in total. The number of ether oxygens (including phenoxy) is 1. The highest BCUT2D eigenvalue weighted by molar-refractivity contribution is 6.74. The normalized spacial score (nSPS) is 23.8. The van der Waals surface area contributed by atoms with E-state index in [1.807, 2.05) is 4.57 Å². The topological polar surface area (TPSA) is 111 Å². The third kappa shape index (κ3) is 3.50. The van der Waals surface area contributed by atoms with Crippen LogP contribution in [0.5, 0.6) is 0 Å². The summed E-state index contributed by atoms with van der Waals surface area (Å²) in [4.78, 5) is 36.2. The highest BCUT2D eigenvalue weighted by Gasteiger charge is 2.48. The van der Waals surface area contributed by atoms with Crippen molar-refractivity contribution in [1.82, 2.24) is 19.5 Å². The number of nitrogens with one attached hydrogen (secondary N) is 2. The SMILES string of the molecule is CC(C)C(=O)[15NH]c1[15n]c2c(nc3n2[C@H]2C[C@H](O[Si](C)(C)C(C)(C)C)[C@H](C3)O2)c(=O)[15nH]1. The van der Waals surface area contributed by atoms with Gasteiger partial charge < -0.3 is 9.16 Å². The second kappa shape index (κ2) is 6.99. The van der Waals surface area contributed by atoms with E-state index in [1.165, 1.54) is 0 Å². The predicted octanol–water partition coefficient (Wildman–Crippen LogP) is 2.95. The average Bonchev–Trinajstić information content (AvgIpc) is 3.13. The molecule has 10 heteroatoms. The van der Waals surface area contributed by atoms with Crippen molar-refractivity contribution < 1.29 is 14.0 Å². The molecule has 0 aromatic carbocycles. The number of amides is 1. The number of fused-ring (bicyclic) bond motifs is 6. The molecule has 1 fully saturated rings. The molecule has 2 aromatic rings. The van der Waals surface area contributed by atoms with Gasteiger partial charge in [-0.05, 0) is 18.1 Å². The number of rotatable bonds is 4. The molecular weight excluding hydrogens is 405 g/mol. The van der Waals surface area contributed by atoms with Crippen LogP contribution in [-0.4, -0.2) is 46.0 Å². The van der Waals surface area contributed by atoms with Crippen molar-refractivity contribution in [2.24, 2.45) is 5.92 Å². The summed E-state index contributed by atoms with van der Waals surface area (Å²) in [5.74, 6) is 0.467. The summed E-state index contributed by atoms with van der Waals surface area (Å²) in [5.41, 5.74) is 0.334. The van der Waals surface area contributed by atoms with Crippen molar-refractivity contribution in [2.45, 2.75) is 84.0 Å². The fourth-order valence-electron chi connectivity index (χ4n) is 3.70. The summed E-state index contributed by atoms with van der Waals surface area (Å²) in [5, 5.41) is 2.78. The standard InChI is InChI=1S/C20H31N5O4Si/c1-10(2)17(26)23-19-22-16-15(18(27)24-19)21-13-8-11-12(9-14(28-11)25(13)16)29-30(6,7)20(3,4)5/h10-12,14H,8-9H2,1-7H3,(H2,22,23,24,26,27)/t11-,12-,14+/m0/s1/i22+1,23+1,24+1. The van der Waals surface area contributed by atoms with Gasteiger partial charge in [-0.2, -0.15) is 4.98 Å². The Morgan fingerprint density at radius 2 is 2.03 bits per heavy atom. The third-order valence-corrected chi connectivity index (χ3v) is 11.0. The summed E-state index contributed by atoms with van der Waals surface area (Å²) >= 11 is 0. The van der Waals surface area contributed by atoms with E-state index in [1.54, 1.807) is 13.8 Å². The molecule has 0 aliphatic carbocycles. The van der Waals surface area contributed by atoms with Gasteiger partial charge in [-0.15, -0.1) is 0 Å². The van der Waals surface area contributed by atoms with E-state index < -0.39 is 8.32 Å². The Labute approximate surface area is 176 Å². The number of H-pyrrole nitrogens is 1. The van der Waals surface area contributed by atoms with E-state index in [0.717, 1.165) is 5.82 Å². The van der Waals surface area contributed by atoms with Crippen LogP contribution in [0.15, 0.2) is 4.79 Å². The molecule has 0 radical (unpaired) electrons. The molecular formula is C20H31N5O4Si. The summed E-state index contributed by atoms with van der Waals surface area (Å²) in [6.45, 7) is 14.7. The van der Waals surface area contributed by atoms with Crippen LogP contribution in [0.1, 0.15) is 53.1 Å². The molecule has 2 aromatic heterocycles. The molecule has 4 rings (SSSR count). The lowest BCUT2D eigenvalue weighted by atomic mass is 10.1. The molecule has 2 aliphatic heterocycles. The number of hydrogen-bond acceptors (Lipinski definition) is 6. The monoisotopic (exact) mass is 436 g/mol. The van der Waals surface area contributed by atoms with Crippen LogP contribution in [0, 0.1) is 5.92 Å². The van der Waals surface area contributed by atoms with Crippen molar-refractivity contribution in [3.05, 3.63) is 16.2 Å². The van der Waals surface area contributed by atoms with E-state index in [9.17, 15) is 9.59 Å². The first-order valence-corrected chi connectivity index (χ1v) is 13.4. The molecule has 2 bridgehead atoms. The average molecular weight is 437 g/mol. The second-order valence-corrected chi connectivity index (χ2v) is 14.9. The molecule has 0 unspecified atom stereocenters. The lowest BCUT2D eigenvalue weighted by Crippen LogP contribution is -2.46. The van der Waals surface area contributed by atoms with Crippen LogP contribution in [0.4, 0.5) is 5.95 Å². The van der Waals surface area contributed by atoms with Gasteiger partial charge in [-0.25, -0.2) is 4.98 Å². The van der Waals surface area contributed by atoms with E-state index in [0.29, 0.717) is 18.5 Å². The highest BCUT2D eigenvalue weighted by Crippen LogP contribution is 2.44. The largest absolute Gasteiger partial charge is 0.411 e. The quantitative estimate of drug-likeness (QED) is 0.563. The lowest BCUT2D eigenvalue weighted by Gasteiger charge is -2.39. The van der Waals surface area contributed by atoms with Crippen molar-refractivity contribution in [3.63, 3.8) is 0 Å². The maximum Gasteiger partial charge on any atom is 0.280 e. The minimum atomic E-state index is -1.94. The van der Waals surface area contributed by atoms with Crippen molar-refractivity contribution in [2.75, 3.05) is 5.32 Å².